The molecule has 0 spiro atoms. The van der Waals surface area contributed by atoms with Crippen LogP contribution in [-0.4, -0.2) is 33.9 Å². The predicted molar refractivity (Wildman–Crippen MR) is 107 cm³/mol. The Morgan fingerprint density at radius 2 is 1.85 bits per heavy atom. The number of hydrogen-bond acceptors (Lipinski definition) is 3. The molecular formula is C23H23N3O. The summed E-state index contributed by atoms with van der Waals surface area (Å²) < 4.78 is 0. The quantitative estimate of drug-likeness (QED) is 0.695. The van der Waals surface area contributed by atoms with E-state index in [1.807, 2.05) is 35.2 Å². The molecule has 1 fully saturated rings. The zero-order valence-corrected chi connectivity index (χ0v) is 15.5. The maximum absolute atomic E-state index is 12.9. The second-order valence-electron chi connectivity index (χ2n) is 7.12. The monoisotopic (exact) mass is 357 g/mol. The number of aryl methyl sites for hydroxylation is 1. The van der Waals surface area contributed by atoms with Crippen LogP contribution in [0.5, 0.6) is 0 Å². The lowest BCUT2D eigenvalue weighted by Crippen LogP contribution is -2.39. The fourth-order valence-corrected chi connectivity index (χ4v) is 3.81. The highest BCUT2D eigenvalue weighted by Crippen LogP contribution is 2.32. The molecule has 0 unspecified atom stereocenters. The number of aromatic nitrogens is 2. The summed E-state index contributed by atoms with van der Waals surface area (Å²) in [6, 6.07) is 17.9. The minimum absolute atomic E-state index is 0.0984. The second-order valence-corrected chi connectivity index (χ2v) is 7.12. The Morgan fingerprint density at radius 3 is 2.67 bits per heavy atom. The molecule has 0 N–H and O–H groups in total. The molecule has 3 aromatic rings. The van der Waals surface area contributed by atoms with Gasteiger partial charge < -0.3 is 4.90 Å². The van der Waals surface area contributed by atoms with E-state index in [1.54, 1.807) is 12.4 Å². The minimum Gasteiger partial charge on any atom is -0.338 e. The Hall–Kier alpha value is -3.01. The SMILES string of the molecule is Cc1cccc(-c2nccnc2[C@H]2CCCN(C(=O)c3ccccc3)C2)c1. The fraction of sp³-hybridized carbons (Fsp3) is 0.261. The van der Waals surface area contributed by atoms with Crippen molar-refractivity contribution in [3.05, 3.63) is 83.8 Å². The molecule has 1 saturated heterocycles. The molecular weight excluding hydrogens is 334 g/mol. The van der Waals surface area contributed by atoms with Crippen LogP contribution >= 0.6 is 0 Å². The normalized spacial score (nSPS) is 16.9. The van der Waals surface area contributed by atoms with E-state index < -0.39 is 0 Å². The molecule has 1 atom stereocenters. The molecule has 1 amide bonds. The van der Waals surface area contributed by atoms with Crippen LogP contribution in [0.3, 0.4) is 0 Å². The summed E-state index contributed by atoms with van der Waals surface area (Å²) in [5.41, 5.74) is 4.96. The van der Waals surface area contributed by atoms with Crippen LogP contribution < -0.4 is 0 Å². The van der Waals surface area contributed by atoms with Gasteiger partial charge in [-0.1, -0.05) is 42.0 Å². The molecule has 1 aliphatic heterocycles. The number of likely N-dealkylation sites (tertiary alicyclic amines) is 1. The predicted octanol–water partition coefficient (Wildman–Crippen LogP) is 4.47. The summed E-state index contributed by atoms with van der Waals surface area (Å²) in [5.74, 6) is 0.303. The van der Waals surface area contributed by atoms with Crippen LogP contribution in [-0.2, 0) is 0 Å². The maximum Gasteiger partial charge on any atom is 0.253 e. The van der Waals surface area contributed by atoms with Crippen molar-refractivity contribution in [1.29, 1.82) is 0 Å². The molecule has 0 bridgehead atoms. The van der Waals surface area contributed by atoms with Gasteiger partial charge >= 0.3 is 0 Å². The van der Waals surface area contributed by atoms with E-state index in [0.29, 0.717) is 6.54 Å². The standard InChI is InChI=1S/C23H23N3O/c1-17-7-5-10-19(15-17)21-22(25-13-12-24-21)20-11-6-14-26(16-20)23(27)18-8-3-2-4-9-18/h2-5,7-10,12-13,15,20H,6,11,14,16H2,1H3/t20-/m0/s1. The summed E-state index contributed by atoms with van der Waals surface area (Å²) in [5, 5.41) is 0. The van der Waals surface area contributed by atoms with E-state index in [1.165, 1.54) is 5.56 Å². The van der Waals surface area contributed by atoms with Gasteiger partial charge in [0.1, 0.15) is 0 Å². The minimum atomic E-state index is 0.0984. The van der Waals surface area contributed by atoms with Crippen molar-refractivity contribution >= 4 is 5.91 Å². The Kier molecular flexibility index (Phi) is 4.97. The van der Waals surface area contributed by atoms with Gasteiger partial charge in [0.05, 0.1) is 11.4 Å². The first-order valence-electron chi connectivity index (χ1n) is 9.44. The molecule has 4 heteroatoms. The maximum atomic E-state index is 12.9. The van der Waals surface area contributed by atoms with Gasteiger partial charge in [0.15, 0.2) is 0 Å². The van der Waals surface area contributed by atoms with E-state index in [0.717, 1.165) is 41.9 Å². The molecule has 4 nitrogen and oxygen atoms in total. The third kappa shape index (κ3) is 3.75. The van der Waals surface area contributed by atoms with E-state index in [2.05, 4.69) is 41.2 Å². The van der Waals surface area contributed by atoms with E-state index in [4.69, 9.17) is 0 Å². The third-order valence-corrected chi connectivity index (χ3v) is 5.13. The van der Waals surface area contributed by atoms with Crippen molar-refractivity contribution in [1.82, 2.24) is 14.9 Å². The number of nitrogens with zero attached hydrogens (tertiary/aromatic N) is 3. The first kappa shape index (κ1) is 17.4. The number of carbonyl (C=O) groups is 1. The Labute approximate surface area is 159 Å². The summed E-state index contributed by atoms with van der Waals surface area (Å²) in [7, 11) is 0. The fourth-order valence-electron chi connectivity index (χ4n) is 3.81. The Balaban J connectivity index is 1.62. The van der Waals surface area contributed by atoms with Crippen molar-refractivity contribution in [3.63, 3.8) is 0 Å². The molecule has 27 heavy (non-hydrogen) atoms. The number of hydrogen-bond donors (Lipinski definition) is 0. The van der Waals surface area contributed by atoms with Gasteiger partial charge in [0, 0.05) is 42.5 Å². The van der Waals surface area contributed by atoms with E-state index >= 15 is 0 Å². The van der Waals surface area contributed by atoms with E-state index in [9.17, 15) is 4.79 Å². The lowest BCUT2D eigenvalue weighted by atomic mass is 9.91. The average Bonchev–Trinajstić information content (AvgIpc) is 2.74. The van der Waals surface area contributed by atoms with Gasteiger partial charge in [0.25, 0.3) is 5.91 Å². The van der Waals surface area contributed by atoms with Gasteiger partial charge in [-0.3, -0.25) is 14.8 Å². The first-order valence-corrected chi connectivity index (χ1v) is 9.44. The van der Waals surface area contributed by atoms with Crippen LogP contribution in [0.4, 0.5) is 0 Å². The van der Waals surface area contributed by atoms with Crippen LogP contribution in [0.15, 0.2) is 67.0 Å². The summed E-state index contributed by atoms with van der Waals surface area (Å²) in [6.07, 6.45) is 5.51. The summed E-state index contributed by atoms with van der Waals surface area (Å²) in [6.45, 7) is 3.57. The summed E-state index contributed by atoms with van der Waals surface area (Å²) in [4.78, 5) is 24.1. The van der Waals surface area contributed by atoms with E-state index in [-0.39, 0.29) is 11.8 Å². The van der Waals surface area contributed by atoms with Crippen molar-refractivity contribution in [2.45, 2.75) is 25.7 Å². The Morgan fingerprint density at radius 1 is 1.04 bits per heavy atom. The molecule has 4 rings (SSSR count). The lowest BCUT2D eigenvalue weighted by molar-refractivity contribution is 0.0706. The van der Waals surface area contributed by atoms with Crippen molar-refractivity contribution in [2.75, 3.05) is 13.1 Å². The molecule has 1 aromatic heterocycles. The average molecular weight is 357 g/mol. The molecule has 0 aliphatic carbocycles. The number of benzene rings is 2. The largest absolute Gasteiger partial charge is 0.338 e. The molecule has 2 aromatic carbocycles. The number of piperidine rings is 1. The van der Waals surface area contributed by atoms with Gasteiger partial charge in [-0.15, -0.1) is 0 Å². The van der Waals surface area contributed by atoms with Gasteiger partial charge in [0.2, 0.25) is 0 Å². The second kappa shape index (κ2) is 7.70. The molecule has 0 radical (unpaired) electrons. The van der Waals surface area contributed by atoms with Crippen molar-refractivity contribution in [3.8, 4) is 11.3 Å². The number of amides is 1. The molecule has 136 valence electrons. The van der Waals surface area contributed by atoms with Crippen LogP contribution in [0, 0.1) is 6.92 Å². The first-order chi connectivity index (χ1) is 13.2. The highest BCUT2D eigenvalue weighted by molar-refractivity contribution is 5.94. The molecule has 2 heterocycles. The van der Waals surface area contributed by atoms with Crippen LogP contribution in [0.25, 0.3) is 11.3 Å². The van der Waals surface area contributed by atoms with Crippen molar-refractivity contribution < 1.29 is 4.79 Å². The Bertz CT molecular complexity index is 939. The zero-order chi connectivity index (χ0) is 18.6. The van der Waals surface area contributed by atoms with Gasteiger partial charge in [-0.25, -0.2) is 0 Å². The summed E-state index contributed by atoms with van der Waals surface area (Å²) >= 11 is 0. The van der Waals surface area contributed by atoms with Gasteiger partial charge in [-0.05, 0) is 38.0 Å². The third-order valence-electron chi connectivity index (χ3n) is 5.13. The van der Waals surface area contributed by atoms with Crippen LogP contribution in [0.1, 0.15) is 40.4 Å². The molecule has 0 saturated carbocycles. The zero-order valence-electron chi connectivity index (χ0n) is 15.5. The van der Waals surface area contributed by atoms with Crippen molar-refractivity contribution in [2.24, 2.45) is 0 Å². The lowest BCUT2D eigenvalue weighted by Gasteiger charge is -2.33. The molecule has 1 aliphatic rings. The highest BCUT2D eigenvalue weighted by Gasteiger charge is 2.28. The number of carbonyl (C=O) groups excluding carboxylic acids is 1. The van der Waals surface area contributed by atoms with Crippen LogP contribution in [0.2, 0.25) is 0 Å². The topological polar surface area (TPSA) is 46.1 Å². The smallest absolute Gasteiger partial charge is 0.253 e. The van der Waals surface area contributed by atoms with Gasteiger partial charge in [-0.2, -0.15) is 0 Å². The number of rotatable bonds is 3. The highest BCUT2D eigenvalue weighted by atomic mass is 16.2.